The highest BCUT2D eigenvalue weighted by molar-refractivity contribution is 7.89. The largest absolute Gasteiger partial charge is 0.492 e. The topological polar surface area (TPSA) is 84.5 Å². The van der Waals surface area contributed by atoms with Gasteiger partial charge in [-0.05, 0) is 48.5 Å². The third-order valence-electron chi connectivity index (χ3n) is 3.25. The molecule has 0 radical (unpaired) electrons. The summed E-state index contributed by atoms with van der Waals surface area (Å²) < 4.78 is 44.9. The smallest absolute Gasteiger partial charge is 0.240 e. The van der Waals surface area contributed by atoms with Gasteiger partial charge in [-0.1, -0.05) is 6.92 Å². The lowest BCUT2D eigenvalue weighted by molar-refractivity contribution is -0.115. The van der Waals surface area contributed by atoms with Crippen molar-refractivity contribution in [1.82, 2.24) is 4.72 Å². The molecule has 0 fully saturated rings. The molecule has 2 rings (SSSR count). The van der Waals surface area contributed by atoms with Gasteiger partial charge in [0.15, 0.2) is 0 Å². The van der Waals surface area contributed by atoms with Crippen LogP contribution in [-0.2, 0) is 14.8 Å². The van der Waals surface area contributed by atoms with E-state index in [1.54, 1.807) is 6.92 Å². The number of anilines is 1. The van der Waals surface area contributed by atoms with E-state index in [2.05, 4.69) is 10.0 Å². The fourth-order valence-corrected chi connectivity index (χ4v) is 2.94. The molecule has 0 aromatic heterocycles. The van der Waals surface area contributed by atoms with Crippen molar-refractivity contribution in [2.45, 2.75) is 18.2 Å². The van der Waals surface area contributed by atoms with Crippen molar-refractivity contribution in [2.75, 3.05) is 18.5 Å². The number of nitrogens with one attached hydrogen (secondary N) is 2. The Bertz CT molecular complexity index is 806. The van der Waals surface area contributed by atoms with Crippen LogP contribution >= 0.6 is 0 Å². The van der Waals surface area contributed by atoms with Gasteiger partial charge in [0.1, 0.15) is 18.2 Å². The second-order valence-corrected chi connectivity index (χ2v) is 6.89. The summed E-state index contributed by atoms with van der Waals surface area (Å²) in [6.07, 6.45) is 0.343. The third-order valence-corrected chi connectivity index (χ3v) is 4.72. The Kier molecular flexibility index (Phi) is 6.49. The van der Waals surface area contributed by atoms with Crippen LogP contribution in [0.15, 0.2) is 53.4 Å². The highest BCUT2D eigenvalue weighted by atomic mass is 32.2. The first kappa shape index (κ1) is 18.9. The quantitative estimate of drug-likeness (QED) is 0.703. The number of carbonyl (C=O) groups is 1. The van der Waals surface area contributed by atoms with Crippen LogP contribution in [0.3, 0.4) is 0 Å². The molecule has 134 valence electrons. The maximum Gasteiger partial charge on any atom is 0.240 e. The Morgan fingerprint density at radius 1 is 1.08 bits per heavy atom. The van der Waals surface area contributed by atoms with Crippen LogP contribution in [0.25, 0.3) is 0 Å². The molecule has 0 spiro atoms. The van der Waals surface area contributed by atoms with E-state index < -0.39 is 10.0 Å². The van der Waals surface area contributed by atoms with Crippen LogP contribution in [0, 0.1) is 5.82 Å². The molecule has 0 saturated heterocycles. The van der Waals surface area contributed by atoms with Gasteiger partial charge in [0.2, 0.25) is 15.9 Å². The highest BCUT2D eigenvalue weighted by Gasteiger charge is 2.13. The summed E-state index contributed by atoms with van der Waals surface area (Å²) in [7, 11) is -3.67. The second kappa shape index (κ2) is 8.59. The molecule has 2 aromatic carbocycles. The normalized spacial score (nSPS) is 11.1. The van der Waals surface area contributed by atoms with Crippen molar-refractivity contribution in [3.05, 3.63) is 54.3 Å². The highest BCUT2D eigenvalue weighted by Crippen LogP contribution is 2.14. The summed E-state index contributed by atoms with van der Waals surface area (Å²) in [5.41, 5.74) is 0.533. The molecular formula is C17H19FN2O4S. The van der Waals surface area contributed by atoms with E-state index in [-0.39, 0.29) is 29.8 Å². The number of halogens is 1. The zero-order valence-corrected chi connectivity index (χ0v) is 14.5. The first-order valence-electron chi connectivity index (χ1n) is 7.68. The van der Waals surface area contributed by atoms with Gasteiger partial charge in [0.05, 0.1) is 4.90 Å². The van der Waals surface area contributed by atoms with Crippen LogP contribution in [0.5, 0.6) is 5.75 Å². The maximum absolute atomic E-state index is 12.8. The molecule has 0 aliphatic carbocycles. The molecule has 0 aliphatic rings. The van der Waals surface area contributed by atoms with Gasteiger partial charge in [-0.2, -0.15) is 0 Å². The zero-order valence-electron chi connectivity index (χ0n) is 13.7. The minimum absolute atomic E-state index is 0.0635. The van der Waals surface area contributed by atoms with Crippen LogP contribution in [-0.4, -0.2) is 27.5 Å². The minimum Gasteiger partial charge on any atom is -0.492 e. The Hall–Kier alpha value is -2.45. The van der Waals surface area contributed by atoms with Crippen molar-refractivity contribution >= 4 is 21.6 Å². The van der Waals surface area contributed by atoms with Crippen molar-refractivity contribution in [3.63, 3.8) is 0 Å². The van der Waals surface area contributed by atoms with E-state index in [4.69, 9.17) is 4.74 Å². The predicted molar refractivity (Wildman–Crippen MR) is 92.4 cm³/mol. The lowest BCUT2D eigenvalue weighted by Gasteiger charge is -2.09. The molecule has 0 aliphatic heterocycles. The molecule has 0 unspecified atom stereocenters. The minimum atomic E-state index is -3.67. The van der Waals surface area contributed by atoms with Crippen molar-refractivity contribution in [2.24, 2.45) is 0 Å². The average molecular weight is 366 g/mol. The Morgan fingerprint density at radius 2 is 1.72 bits per heavy atom. The van der Waals surface area contributed by atoms with Gasteiger partial charge in [-0.3, -0.25) is 4.79 Å². The average Bonchev–Trinajstić information content (AvgIpc) is 2.60. The van der Waals surface area contributed by atoms with Crippen molar-refractivity contribution in [1.29, 1.82) is 0 Å². The van der Waals surface area contributed by atoms with Gasteiger partial charge in [0, 0.05) is 18.7 Å². The van der Waals surface area contributed by atoms with Gasteiger partial charge in [-0.25, -0.2) is 17.5 Å². The Morgan fingerprint density at radius 3 is 2.32 bits per heavy atom. The summed E-state index contributed by atoms with van der Waals surface area (Å²) >= 11 is 0. The van der Waals surface area contributed by atoms with Crippen LogP contribution in [0.2, 0.25) is 0 Å². The molecular weight excluding hydrogens is 347 g/mol. The predicted octanol–water partition coefficient (Wildman–Crippen LogP) is 2.53. The van der Waals surface area contributed by atoms with Crippen molar-refractivity contribution < 1.29 is 22.3 Å². The van der Waals surface area contributed by atoms with E-state index in [0.29, 0.717) is 17.9 Å². The Labute approximate surface area is 146 Å². The summed E-state index contributed by atoms with van der Waals surface area (Å²) in [5, 5.41) is 2.64. The van der Waals surface area contributed by atoms with Crippen LogP contribution < -0.4 is 14.8 Å². The van der Waals surface area contributed by atoms with E-state index >= 15 is 0 Å². The monoisotopic (exact) mass is 366 g/mol. The number of carbonyl (C=O) groups excluding carboxylic acids is 1. The molecule has 0 saturated carbocycles. The number of sulfonamides is 1. The van der Waals surface area contributed by atoms with E-state index in [1.165, 1.54) is 48.5 Å². The number of amides is 1. The van der Waals surface area contributed by atoms with Crippen molar-refractivity contribution in [3.8, 4) is 5.75 Å². The standard InChI is InChI=1S/C17H19FN2O4S/c1-2-17(21)20-14-5-9-16(10-6-14)25(22,23)19-11-12-24-15-7-3-13(18)4-8-15/h3-10,19H,2,11-12H2,1H3,(H,20,21). The second-order valence-electron chi connectivity index (χ2n) is 5.13. The van der Waals surface area contributed by atoms with Gasteiger partial charge < -0.3 is 10.1 Å². The number of ether oxygens (including phenoxy) is 1. The molecule has 0 heterocycles. The van der Waals surface area contributed by atoms with Gasteiger partial charge in [0.25, 0.3) is 0 Å². The summed E-state index contributed by atoms with van der Waals surface area (Å²) in [6, 6.07) is 11.3. The molecule has 0 bridgehead atoms. The molecule has 1 amide bonds. The lowest BCUT2D eigenvalue weighted by atomic mass is 10.3. The van der Waals surface area contributed by atoms with Gasteiger partial charge in [-0.15, -0.1) is 0 Å². The molecule has 2 N–H and O–H groups in total. The number of hydrogen-bond donors (Lipinski definition) is 2. The molecule has 2 aromatic rings. The Balaban J connectivity index is 1.86. The molecule has 8 heteroatoms. The summed E-state index contributed by atoms with van der Waals surface area (Å²) in [4.78, 5) is 11.4. The fraction of sp³-hybridized carbons (Fsp3) is 0.235. The van der Waals surface area contributed by atoms with E-state index in [9.17, 15) is 17.6 Å². The first-order valence-corrected chi connectivity index (χ1v) is 9.17. The summed E-state index contributed by atoms with van der Waals surface area (Å²) in [6.45, 7) is 1.90. The van der Waals surface area contributed by atoms with Crippen LogP contribution in [0.1, 0.15) is 13.3 Å². The number of rotatable bonds is 8. The summed E-state index contributed by atoms with van der Waals surface area (Å²) in [5.74, 6) is -0.0603. The maximum atomic E-state index is 12.8. The van der Waals surface area contributed by atoms with E-state index in [1.807, 2.05) is 0 Å². The lowest BCUT2D eigenvalue weighted by Crippen LogP contribution is -2.28. The zero-order chi connectivity index (χ0) is 18.3. The van der Waals surface area contributed by atoms with E-state index in [0.717, 1.165) is 0 Å². The first-order chi connectivity index (χ1) is 11.9. The number of benzene rings is 2. The van der Waals surface area contributed by atoms with Crippen LogP contribution in [0.4, 0.5) is 10.1 Å². The molecule has 25 heavy (non-hydrogen) atoms. The van der Waals surface area contributed by atoms with Gasteiger partial charge >= 0.3 is 0 Å². The molecule has 0 atom stereocenters. The fourth-order valence-electron chi connectivity index (χ4n) is 1.93. The number of hydrogen-bond acceptors (Lipinski definition) is 4. The third kappa shape index (κ3) is 5.84. The SMILES string of the molecule is CCC(=O)Nc1ccc(S(=O)(=O)NCCOc2ccc(F)cc2)cc1. The molecule has 6 nitrogen and oxygen atoms in total.